The quantitative estimate of drug-likeness (QED) is 0.945. The van der Waals surface area contributed by atoms with Crippen LogP contribution in [0.25, 0.3) is 0 Å². The van der Waals surface area contributed by atoms with Crippen LogP contribution in [-0.2, 0) is 4.79 Å². The number of carbonyl (C=O) groups is 2. The molecule has 124 valence electrons. The van der Waals surface area contributed by atoms with Crippen molar-refractivity contribution in [3.8, 4) is 0 Å². The Labute approximate surface area is 141 Å². The summed E-state index contributed by atoms with van der Waals surface area (Å²) in [4.78, 5) is 30.6. The molecule has 0 spiro atoms. The van der Waals surface area contributed by atoms with E-state index in [2.05, 4.69) is 10.3 Å². The smallest absolute Gasteiger partial charge is 0.255 e. The highest BCUT2D eigenvalue weighted by Gasteiger charge is 2.28. The number of nitrogens with zero attached hydrogens (tertiary/aromatic N) is 2. The van der Waals surface area contributed by atoms with Gasteiger partial charge >= 0.3 is 0 Å². The zero-order valence-electron chi connectivity index (χ0n) is 13.7. The van der Waals surface area contributed by atoms with Crippen LogP contribution in [0.2, 0.25) is 0 Å². The van der Waals surface area contributed by atoms with Crippen molar-refractivity contribution in [3.05, 3.63) is 59.9 Å². The second kappa shape index (κ2) is 7.25. The fourth-order valence-corrected chi connectivity index (χ4v) is 2.96. The summed E-state index contributed by atoms with van der Waals surface area (Å²) in [6.45, 7) is 3.17. The summed E-state index contributed by atoms with van der Waals surface area (Å²) < 4.78 is 0. The van der Waals surface area contributed by atoms with Gasteiger partial charge in [-0.3, -0.25) is 14.6 Å². The van der Waals surface area contributed by atoms with Crippen LogP contribution in [0.15, 0.2) is 48.8 Å². The molecule has 2 amide bonds. The van der Waals surface area contributed by atoms with E-state index in [1.165, 1.54) is 0 Å². The summed E-state index contributed by atoms with van der Waals surface area (Å²) >= 11 is 0. The summed E-state index contributed by atoms with van der Waals surface area (Å²) in [5, 5.41) is 3.00. The first kappa shape index (κ1) is 16.2. The number of aryl methyl sites for hydroxylation is 1. The SMILES string of the molecule is Cc1ccccc1NC(=O)C1CCN(C(=O)c2cccnc2)CC1. The van der Waals surface area contributed by atoms with Crippen LogP contribution in [-0.4, -0.2) is 34.8 Å². The van der Waals surface area contributed by atoms with Gasteiger partial charge in [0.1, 0.15) is 0 Å². The number of rotatable bonds is 3. The number of piperidine rings is 1. The Morgan fingerprint density at radius 3 is 2.54 bits per heavy atom. The number of anilines is 1. The van der Waals surface area contributed by atoms with E-state index in [4.69, 9.17) is 0 Å². The maximum absolute atomic E-state index is 12.4. The van der Waals surface area contributed by atoms with Crippen molar-refractivity contribution in [2.45, 2.75) is 19.8 Å². The lowest BCUT2D eigenvalue weighted by molar-refractivity contribution is -0.121. The number of pyridine rings is 1. The molecule has 0 saturated carbocycles. The topological polar surface area (TPSA) is 62.3 Å². The second-order valence-electron chi connectivity index (χ2n) is 6.11. The summed E-state index contributed by atoms with van der Waals surface area (Å²) in [7, 11) is 0. The maximum atomic E-state index is 12.4. The van der Waals surface area contributed by atoms with Gasteiger partial charge in [-0.25, -0.2) is 0 Å². The number of nitrogens with one attached hydrogen (secondary N) is 1. The van der Waals surface area contributed by atoms with Gasteiger partial charge in [-0.1, -0.05) is 18.2 Å². The van der Waals surface area contributed by atoms with E-state index in [0.29, 0.717) is 31.5 Å². The number of amides is 2. The molecule has 0 radical (unpaired) electrons. The summed E-state index contributed by atoms with van der Waals surface area (Å²) in [5.41, 5.74) is 2.51. The Hall–Kier alpha value is -2.69. The van der Waals surface area contributed by atoms with Crippen LogP contribution >= 0.6 is 0 Å². The minimum absolute atomic E-state index is 0.0131. The van der Waals surface area contributed by atoms with Crippen molar-refractivity contribution in [3.63, 3.8) is 0 Å². The molecule has 1 aliphatic heterocycles. The van der Waals surface area contributed by atoms with Gasteiger partial charge in [0.05, 0.1) is 5.56 Å². The molecule has 1 aromatic heterocycles. The van der Waals surface area contributed by atoms with E-state index in [1.807, 2.05) is 31.2 Å². The normalized spacial score (nSPS) is 15.1. The van der Waals surface area contributed by atoms with E-state index >= 15 is 0 Å². The number of hydrogen-bond donors (Lipinski definition) is 1. The van der Waals surface area contributed by atoms with Crippen molar-refractivity contribution in [1.29, 1.82) is 0 Å². The molecule has 24 heavy (non-hydrogen) atoms. The first-order valence-corrected chi connectivity index (χ1v) is 8.21. The number of hydrogen-bond acceptors (Lipinski definition) is 3. The molecule has 0 bridgehead atoms. The predicted octanol–water partition coefficient (Wildman–Crippen LogP) is 2.88. The monoisotopic (exact) mass is 323 g/mol. The summed E-state index contributed by atoms with van der Waals surface area (Å²) in [6.07, 6.45) is 4.60. The third kappa shape index (κ3) is 3.62. The Morgan fingerprint density at radius 2 is 1.88 bits per heavy atom. The van der Waals surface area contributed by atoms with Crippen LogP contribution < -0.4 is 5.32 Å². The Kier molecular flexibility index (Phi) is 4.89. The van der Waals surface area contributed by atoms with Gasteiger partial charge in [0.25, 0.3) is 5.91 Å². The van der Waals surface area contributed by atoms with Gasteiger partial charge in [-0.15, -0.1) is 0 Å². The third-order valence-corrected chi connectivity index (χ3v) is 4.46. The first-order valence-electron chi connectivity index (χ1n) is 8.21. The van der Waals surface area contributed by atoms with E-state index in [0.717, 1.165) is 11.3 Å². The van der Waals surface area contributed by atoms with E-state index < -0.39 is 0 Å². The van der Waals surface area contributed by atoms with Gasteiger partial charge in [-0.05, 0) is 43.5 Å². The lowest BCUT2D eigenvalue weighted by Gasteiger charge is -2.31. The molecule has 3 rings (SSSR count). The molecule has 5 nitrogen and oxygen atoms in total. The number of benzene rings is 1. The van der Waals surface area contributed by atoms with Gasteiger partial charge in [0.2, 0.25) is 5.91 Å². The van der Waals surface area contributed by atoms with Crippen LogP contribution in [0.5, 0.6) is 0 Å². The van der Waals surface area contributed by atoms with Crippen LogP contribution in [0.3, 0.4) is 0 Å². The molecular weight excluding hydrogens is 302 g/mol. The van der Waals surface area contributed by atoms with Gasteiger partial charge in [0, 0.05) is 37.1 Å². The molecule has 2 heterocycles. The van der Waals surface area contributed by atoms with E-state index in [1.54, 1.807) is 29.4 Å². The van der Waals surface area contributed by atoms with Gasteiger partial charge in [-0.2, -0.15) is 0 Å². The summed E-state index contributed by atoms with van der Waals surface area (Å²) in [5.74, 6) is -0.0267. The van der Waals surface area contributed by atoms with Crippen LogP contribution in [0, 0.1) is 12.8 Å². The highest BCUT2D eigenvalue weighted by Crippen LogP contribution is 2.22. The van der Waals surface area contributed by atoms with Gasteiger partial charge < -0.3 is 10.2 Å². The lowest BCUT2D eigenvalue weighted by Crippen LogP contribution is -2.41. The molecular formula is C19H21N3O2. The molecule has 0 aliphatic carbocycles. The van der Waals surface area contributed by atoms with Crippen molar-refractivity contribution < 1.29 is 9.59 Å². The Bertz CT molecular complexity index is 722. The second-order valence-corrected chi connectivity index (χ2v) is 6.11. The van der Waals surface area contributed by atoms with Gasteiger partial charge in [0.15, 0.2) is 0 Å². The van der Waals surface area contributed by atoms with E-state index in [-0.39, 0.29) is 17.7 Å². The minimum Gasteiger partial charge on any atom is -0.339 e. The largest absolute Gasteiger partial charge is 0.339 e. The molecule has 1 fully saturated rings. The standard InChI is InChI=1S/C19H21N3O2/c1-14-5-2-3-7-17(14)21-18(23)15-8-11-22(12-9-15)19(24)16-6-4-10-20-13-16/h2-7,10,13,15H,8-9,11-12H2,1H3,(H,21,23). The average Bonchev–Trinajstić information content (AvgIpc) is 2.64. The molecule has 5 heteroatoms. The zero-order valence-corrected chi connectivity index (χ0v) is 13.7. The Balaban J connectivity index is 1.56. The first-order chi connectivity index (χ1) is 11.6. The fraction of sp³-hybridized carbons (Fsp3) is 0.316. The molecule has 1 N–H and O–H groups in total. The number of aromatic nitrogens is 1. The molecule has 1 aromatic carbocycles. The van der Waals surface area contributed by atoms with Crippen molar-refractivity contribution >= 4 is 17.5 Å². The third-order valence-electron chi connectivity index (χ3n) is 4.46. The highest BCUT2D eigenvalue weighted by molar-refractivity contribution is 5.95. The van der Waals surface area contributed by atoms with Crippen molar-refractivity contribution in [2.75, 3.05) is 18.4 Å². The summed E-state index contributed by atoms with van der Waals surface area (Å²) in [6, 6.07) is 11.3. The van der Waals surface area contributed by atoms with Crippen LogP contribution in [0.1, 0.15) is 28.8 Å². The molecule has 1 aliphatic rings. The lowest BCUT2D eigenvalue weighted by atomic mass is 9.95. The molecule has 1 saturated heterocycles. The number of likely N-dealkylation sites (tertiary alicyclic amines) is 1. The predicted molar refractivity (Wildman–Crippen MR) is 92.7 cm³/mol. The number of para-hydroxylation sites is 1. The van der Waals surface area contributed by atoms with Crippen molar-refractivity contribution in [2.24, 2.45) is 5.92 Å². The number of carbonyl (C=O) groups excluding carboxylic acids is 2. The maximum Gasteiger partial charge on any atom is 0.255 e. The fourth-order valence-electron chi connectivity index (χ4n) is 2.96. The van der Waals surface area contributed by atoms with Crippen molar-refractivity contribution in [1.82, 2.24) is 9.88 Å². The van der Waals surface area contributed by atoms with Crippen LogP contribution in [0.4, 0.5) is 5.69 Å². The average molecular weight is 323 g/mol. The highest BCUT2D eigenvalue weighted by atomic mass is 16.2. The van der Waals surface area contributed by atoms with E-state index in [9.17, 15) is 9.59 Å². The molecule has 0 atom stereocenters. The minimum atomic E-state index is -0.0532. The zero-order chi connectivity index (χ0) is 16.9. The molecule has 0 unspecified atom stereocenters. The Morgan fingerprint density at radius 1 is 1.12 bits per heavy atom. The molecule has 2 aromatic rings.